The van der Waals surface area contributed by atoms with Crippen LogP contribution in [-0.4, -0.2) is 45.7 Å². The molecule has 1 saturated heterocycles. The number of primary sulfonamides is 1. The molecule has 0 aliphatic carbocycles. The van der Waals surface area contributed by atoms with Gasteiger partial charge in [-0.05, 0) is 108 Å². The van der Waals surface area contributed by atoms with Gasteiger partial charge in [0.2, 0.25) is 21.8 Å². The summed E-state index contributed by atoms with van der Waals surface area (Å²) in [5, 5.41) is 7.15. The van der Waals surface area contributed by atoms with Crippen molar-refractivity contribution in [3.8, 4) is 23.3 Å². The number of amides is 2. The Labute approximate surface area is 298 Å². The van der Waals surface area contributed by atoms with E-state index in [0.717, 1.165) is 25.8 Å². The van der Waals surface area contributed by atoms with Crippen molar-refractivity contribution >= 4 is 61.9 Å². The lowest BCUT2D eigenvalue weighted by atomic mass is 10.1. The lowest BCUT2D eigenvalue weighted by molar-refractivity contribution is -0.124. The Morgan fingerprint density at radius 1 is 0.979 bits per heavy atom. The quantitative estimate of drug-likeness (QED) is 0.149. The molecule has 4 aromatic rings. The number of nitrogens with one attached hydrogen (secondary N) is 1. The minimum Gasteiger partial charge on any atom is -0.493 e. The summed E-state index contributed by atoms with van der Waals surface area (Å²) in [6, 6.07) is 27.0. The Kier molecular flexibility index (Phi) is 11.7. The van der Waals surface area contributed by atoms with E-state index in [0.29, 0.717) is 36.8 Å². The number of nitrogens with zero attached hydrogens (tertiary/aromatic N) is 1. The predicted octanol–water partition coefficient (Wildman–Crippen LogP) is 5.64. The molecule has 0 aromatic heterocycles. The third-order valence-electron chi connectivity index (χ3n) is 7.52. The molecule has 0 radical (unpaired) electrons. The van der Waals surface area contributed by atoms with Crippen molar-refractivity contribution < 1.29 is 27.5 Å². The van der Waals surface area contributed by atoms with E-state index in [2.05, 4.69) is 39.7 Å². The number of methoxy groups -OCH3 is 1. The zero-order chi connectivity index (χ0) is 34.3. The summed E-state index contributed by atoms with van der Waals surface area (Å²) < 4.78 is 35.8. The van der Waals surface area contributed by atoms with Crippen molar-refractivity contribution in [1.29, 1.82) is 0 Å². The first-order chi connectivity index (χ1) is 23.1. The summed E-state index contributed by atoms with van der Waals surface area (Å²) >= 11 is 3.61. The zero-order valence-corrected chi connectivity index (χ0v) is 30.1. The molecule has 9 nitrogen and oxygen atoms in total. The molecular formula is C36H34IN3O6S2. The number of carbonyl (C=O) groups excluding carboxylic acids is 2. The largest absolute Gasteiger partial charge is 0.493 e. The highest BCUT2D eigenvalue weighted by Crippen LogP contribution is 2.46. The summed E-state index contributed by atoms with van der Waals surface area (Å²) in [6.07, 6.45) is 0.556. The van der Waals surface area contributed by atoms with Crippen LogP contribution in [0.25, 0.3) is 0 Å². The van der Waals surface area contributed by atoms with Gasteiger partial charge in [0.25, 0.3) is 0 Å². The topological polar surface area (TPSA) is 128 Å². The van der Waals surface area contributed by atoms with Gasteiger partial charge >= 0.3 is 0 Å². The molecular weight excluding hydrogens is 761 g/mol. The summed E-state index contributed by atoms with van der Waals surface area (Å²) in [5.74, 6) is 7.12. The van der Waals surface area contributed by atoms with Gasteiger partial charge in [-0.25, -0.2) is 13.6 Å². The van der Waals surface area contributed by atoms with Gasteiger partial charge in [0.1, 0.15) is 5.37 Å². The van der Waals surface area contributed by atoms with E-state index in [-0.39, 0.29) is 23.1 Å². The number of benzene rings is 4. The number of ether oxygens (including phenoxy) is 2. The van der Waals surface area contributed by atoms with E-state index < -0.39 is 20.6 Å². The number of halogens is 1. The average molecular weight is 796 g/mol. The number of carbonyl (C=O) groups is 2. The first-order valence-electron chi connectivity index (χ1n) is 15.1. The van der Waals surface area contributed by atoms with Crippen LogP contribution in [-0.2, 0) is 26.0 Å². The summed E-state index contributed by atoms with van der Waals surface area (Å²) in [4.78, 5) is 28.5. The van der Waals surface area contributed by atoms with Gasteiger partial charge in [-0.3, -0.25) is 14.5 Å². The lowest BCUT2D eigenvalue weighted by Crippen LogP contribution is -2.34. The second-order valence-electron chi connectivity index (χ2n) is 10.8. The molecule has 5 rings (SSSR count). The standard InChI is InChI=1S/C36H34IN3O6S2/c1-3-46-32-21-27(30(37)22-31(32)45-2)19-20-39-34(41)23-33-35(42)40(28-15-17-29(18-16-28)48(38,43)44)36(47-33)26-13-11-25(12-14-26)10-9-24-7-5-4-6-8-24/h4-8,11-18,21-22,33,36H,3,19-20,23H2,1-2H3,(H,39,41)(H2,38,43,44)/t33-,36+/m1/s1. The predicted molar refractivity (Wildman–Crippen MR) is 196 cm³/mol. The number of rotatable bonds is 11. The van der Waals surface area contributed by atoms with Gasteiger partial charge in [0, 0.05) is 33.4 Å². The molecule has 4 aromatic carbocycles. The van der Waals surface area contributed by atoms with E-state index in [1.54, 1.807) is 24.1 Å². The zero-order valence-electron chi connectivity index (χ0n) is 26.3. The Balaban J connectivity index is 1.31. The molecule has 12 heteroatoms. The maximum atomic E-state index is 13.9. The molecule has 3 N–H and O–H groups in total. The van der Waals surface area contributed by atoms with Gasteiger partial charge in [-0.2, -0.15) is 0 Å². The van der Waals surface area contributed by atoms with Crippen LogP contribution in [0.2, 0.25) is 0 Å². The van der Waals surface area contributed by atoms with E-state index >= 15 is 0 Å². The summed E-state index contributed by atoms with van der Waals surface area (Å²) in [7, 11) is -2.31. The third kappa shape index (κ3) is 8.70. The first kappa shape index (κ1) is 35.3. The number of sulfonamides is 1. The van der Waals surface area contributed by atoms with Gasteiger partial charge in [0.05, 0.1) is 23.9 Å². The van der Waals surface area contributed by atoms with Crippen molar-refractivity contribution in [2.24, 2.45) is 5.14 Å². The average Bonchev–Trinajstić information content (AvgIpc) is 3.40. The third-order valence-corrected chi connectivity index (χ3v) is 10.9. The summed E-state index contributed by atoms with van der Waals surface area (Å²) in [5.41, 5.74) is 4.08. The van der Waals surface area contributed by atoms with Crippen molar-refractivity contribution in [3.05, 3.63) is 117 Å². The fraction of sp³-hybridized carbons (Fsp3) is 0.222. The van der Waals surface area contributed by atoms with Crippen molar-refractivity contribution in [1.82, 2.24) is 5.32 Å². The first-order valence-corrected chi connectivity index (χ1v) is 18.7. The Bertz CT molecular complexity index is 1940. The van der Waals surface area contributed by atoms with E-state index in [1.807, 2.05) is 73.7 Å². The fourth-order valence-electron chi connectivity index (χ4n) is 5.14. The second kappa shape index (κ2) is 15.9. The Hall–Kier alpha value is -4.03. The van der Waals surface area contributed by atoms with Gasteiger partial charge < -0.3 is 14.8 Å². The highest BCUT2D eigenvalue weighted by molar-refractivity contribution is 14.1. The van der Waals surface area contributed by atoms with Crippen LogP contribution in [0.4, 0.5) is 5.69 Å². The highest BCUT2D eigenvalue weighted by Gasteiger charge is 2.42. The lowest BCUT2D eigenvalue weighted by Gasteiger charge is -2.24. The highest BCUT2D eigenvalue weighted by atomic mass is 127. The molecule has 1 aliphatic heterocycles. The monoisotopic (exact) mass is 795 g/mol. The molecule has 1 aliphatic rings. The molecule has 2 amide bonds. The Morgan fingerprint density at radius 3 is 2.27 bits per heavy atom. The Morgan fingerprint density at radius 2 is 1.65 bits per heavy atom. The van der Waals surface area contributed by atoms with Gasteiger partial charge in [-0.1, -0.05) is 42.2 Å². The molecule has 2 atom stereocenters. The molecule has 1 fully saturated rings. The number of anilines is 1. The number of hydrogen-bond donors (Lipinski definition) is 2. The molecule has 0 saturated carbocycles. The van der Waals surface area contributed by atoms with Crippen molar-refractivity contribution in [2.75, 3.05) is 25.2 Å². The van der Waals surface area contributed by atoms with E-state index in [4.69, 9.17) is 14.6 Å². The maximum Gasteiger partial charge on any atom is 0.241 e. The van der Waals surface area contributed by atoms with Crippen molar-refractivity contribution in [3.63, 3.8) is 0 Å². The van der Waals surface area contributed by atoms with Crippen LogP contribution in [0.1, 0.15) is 41.0 Å². The number of nitrogens with two attached hydrogens (primary N) is 1. The van der Waals surface area contributed by atoms with Gasteiger partial charge in [0.15, 0.2) is 11.5 Å². The van der Waals surface area contributed by atoms with E-state index in [1.165, 1.54) is 23.9 Å². The molecule has 0 bridgehead atoms. The van der Waals surface area contributed by atoms with Crippen LogP contribution in [0.3, 0.4) is 0 Å². The fourth-order valence-corrected chi connectivity index (χ4v) is 7.81. The van der Waals surface area contributed by atoms with Crippen LogP contribution in [0, 0.1) is 15.4 Å². The number of thioether (sulfide) groups is 1. The maximum absolute atomic E-state index is 13.9. The van der Waals surface area contributed by atoms with Crippen LogP contribution < -0.4 is 24.8 Å². The molecule has 1 heterocycles. The second-order valence-corrected chi connectivity index (χ2v) is 14.8. The minimum atomic E-state index is -3.91. The summed E-state index contributed by atoms with van der Waals surface area (Å²) in [6.45, 7) is 2.79. The smallest absolute Gasteiger partial charge is 0.241 e. The SMILES string of the molecule is CCOc1cc(CCNC(=O)C[C@H]2S[C@@H](c3ccc(C#Cc4ccccc4)cc3)N(c3ccc(S(N)(=O)=O)cc3)C2=O)c(I)cc1OC. The van der Waals surface area contributed by atoms with Crippen LogP contribution in [0.15, 0.2) is 95.9 Å². The minimum absolute atomic E-state index is 0.0176. The van der Waals surface area contributed by atoms with Gasteiger partial charge in [-0.15, -0.1) is 11.8 Å². The molecule has 0 spiro atoms. The molecule has 48 heavy (non-hydrogen) atoms. The normalized spacial score (nSPS) is 15.8. The van der Waals surface area contributed by atoms with E-state index in [9.17, 15) is 18.0 Å². The number of hydrogen-bond acceptors (Lipinski definition) is 7. The van der Waals surface area contributed by atoms with Crippen LogP contribution in [0.5, 0.6) is 11.5 Å². The van der Waals surface area contributed by atoms with Crippen LogP contribution >= 0.6 is 34.4 Å². The molecule has 0 unspecified atom stereocenters. The molecule has 248 valence electrons. The van der Waals surface area contributed by atoms with Crippen molar-refractivity contribution in [2.45, 2.75) is 35.3 Å².